The molecule has 2 aromatic carbocycles. The minimum Gasteiger partial charge on any atom is -0.366 e. The van der Waals surface area contributed by atoms with Gasteiger partial charge in [0.15, 0.2) is 9.84 Å². The van der Waals surface area contributed by atoms with Gasteiger partial charge in [-0.1, -0.05) is 12.1 Å². The number of nitro benzene ring substituents is 1. The van der Waals surface area contributed by atoms with Gasteiger partial charge in [-0.3, -0.25) is 14.9 Å². The molecular weight excluding hydrogens is 394 g/mol. The predicted octanol–water partition coefficient (Wildman–Crippen LogP) is 3.09. The van der Waals surface area contributed by atoms with E-state index in [1.54, 1.807) is 31.2 Å². The van der Waals surface area contributed by atoms with E-state index in [-0.39, 0.29) is 16.1 Å². The average molecular weight is 417 g/mol. The SMILES string of the molecule is C[C@H](NC(=O)c1ccc(N2CCCC2)c([N+](=O)[O-])c1)c1ccc(S(C)(=O)=O)cc1. The van der Waals surface area contributed by atoms with E-state index in [9.17, 15) is 23.3 Å². The quantitative estimate of drug-likeness (QED) is 0.571. The zero-order valence-electron chi connectivity index (χ0n) is 16.3. The van der Waals surface area contributed by atoms with Crippen molar-refractivity contribution in [2.24, 2.45) is 0 Å². The average Bonchev–Trinajstić information content (AvgIpc) is 3.21. The molecule has 1 N–H and O–H groups in total. The molecule has 1 fully saturated rings. The summed E-state index contributed by atoms with van der Waals surface area (Å²) in [5.74, 6) is -0.430. The molecule has 0 unspecified atom stereocenters. The summed E-state index contributed by atoms with van der Waals surface area (Å²) in [4.78, 5) is 25.8. The van der Waals surface area contributed by atoms with E-state index in [2.05, 4.69) is 5.32 Å². The molecule has 1 atom stereocenters. The van der Waals surface area contributed by atoms with Crippen molar-refractivity contribution >= 4 is 27.1 Å². The fraction of sp³-hybridized carbons (Fsp3) is 0.350. The van der Waals surface area contributed by atoms with Crippen molar-refractivity contribution in [3.63, 3.8) is 0 Å². The van der Waals surface area contributed by atoms with Gasteiger partial charge in [-0.05, 0) is 49.6 Å². The number of carbonyl (C=O) groups excluding carboxylic acids is 1. The molecule has 29 heavy (non-hydrogen) atoms. The first-order valence-corrected chi connectivity index (χ1v) is 11.2. The van der Waals surface area contributed by atoms with E-state index in [0.717, 1.165) is 37.8 Å². The molecule has 3 rings (SSSR count). The van der Waals surface area contributed by atoms with Gasteiger partial charge in [0.05, 0.1) is 15.9 Å². The van der Waals surface area contributed by atoms with E-state index in [0.29, 0.717) is 5.69 Å². The maximum absolute atomic E-state index is 12.6. The highest BCUT2D eigenvalue weighted by molar-refractivity contribution is 7.90. The van der Waals surface area contributed by atoms with Crippen molar-refractivity contribution in [2.75, 3.05) is 24.2 Å². The van der Waals surface area contributed by atoms with Crippen LogP contribution in [-0.4, -0.2) is 38.6 Å². The number of nitrogens with zero attached hydrogens (tertiary/aromatic N) is 2. The van der Waals surface area contributed by atoms with Crippen molar-refractivity contribution < 1.29 is 18.1 Å². The van der Waals surface area contributed by atoms with Crippen LogP contribution in [0.15, 0.2) is 47.4 Å². The predicted molar refractivity (Wildman–Crippen MR) is 110 cm³/mol. The Morgan fingerprint density at radius 3 is 2.31 bits per heavy atom. The van der Waals surface area contributed by atoms with Gasteiger partial charge in [0.2, 0.25) is 0 Å². The molecule has 0 saturated carbocycles. The fourth-order valence-corrected chi connectivity index (χ4v) is 4.03. The summed E-state index contributed by atoms with van der Waals surface area (Å²) in [5, 5.41) is 14.3. The summed E-state index contributed by atoms with van der Waals surface area (Å²) >= 11 is 0. The van der Waals surface area contributed by atoms with Crippen molar-refractivity contribution in [3.05, 3.63) is 63.7 Å². The molecular formula is C20H23N3O5S. The topological polar surface area (TPSA) is 110 Å². The molecule has 154 valence electrons. The fourth-order valence-electron chi connectivity index (χ4n) is 3.40. The molecule has 0 spiro atoms. The van der Waals surface area contributed by atoms with Crippen molar-refractivity contribution in [3.8, 4) is 0 Å². The maximum Gasteiger partial charge on any atom is 0.293 e. The highest BCUT2D eigenvalue weighted by atomic mass is 32.2. The highest BCUT2D eigenvalue weighted by Crippen LogP contribution is 2.31. The number of sulfone groups is 1. The molecule has 9 heteroatoms. The Hall–Kier alpha value is -2.94. The smallest absolute Gasteiger partial charge is 0.293 e. The first-order chi connectivity index (χ1) is 13.7. The maximum atomic E-state index is 12.6. The Morgan fingerprint density at radius 2 is 1.76 bits per heavy atom. The molecule has 1 aliphatic heterocycles. The van der Waals surface area contributed by atoms with Crippen LogP contribution in [0.4, 0.5) is 11.4 Å². The molecule has 2 aromatic rings. The van der Waals surface area contributed by atoms with Crippen LogP contribution in [-0.2, 0) is 9.84 Å². The van der Waals surface area contributed by atoms with Crippen LogP contribution >= 0.6 is 0 Å². The van der Waals surface area contributed by atoms with E-state index in [1.165, 1.54) is 18.2 Å². The molecule has 1 saturated heterocycles. The lowest BCUT2D eigenvalue weighted by Crippen LogP contribution is -2.27. The summed E-state index contributed by atoms with van der Waals surface area (Å²) in [6.07, 6.45) is 3.12. The zero-order valence-corrected chi connectivity index (χ0v) is 17.1. The molecule has 1 amide bonds. The summed E-state index contributed by atoms with van der Waals surface area (Å²) in [7, 11) is -3.29. The second kappa shape index (κ2) is 8.20. The second-order valence-electron chi connectivity index (χ2n) is 7.19. The van der Waals surface area contributed by atoms with Crippen LogP contribution in [0, 0.1) is 10.1 Å². The van der Waals surface area contributed by atoms with Crippen molar-refractivity contribution in [1.82, 2.24) is 5.32 Å². The number of carbonyl (C=O) groups is 1. The Kier molecular flexibility index (Phi) is 5.88. The summed E-state index contributed by atoms with van der Waals surface area (Å²) in [6, 6.07) is 10.4. The standard InChI is InChI=1S/C20H23N3O5S/c1-14(15-5-8-17(9-6-15)29(2,27)28)21-20(24)16-7-10-18(19(13-16)23(25)26)22-11-3-4-12-22/h5-10,13-14H,3-4,11-12H2,1-2H3,(H,21,24)/t14-/m0/s1. The van der Waals surface area contributed by atoms with Crippen LogP contribution in [0.1, 0.15) is 41.7 Å². The van der Waals surface area contributed by atoms with Crippen LogP contribution in [0.2, 0.25) is 0 Å². The van der Waals surface area contributed by atoms with Gasteiger partial charge in [-0.25, -0.2) is 8.42 Å². The third-order valence-corrected chi connectivity index (χ3v) is 6.17. The number of nitro groups is 1. The lowest BCUT2D eigenvalue weighted by molar-refractivity contribution is -0.384. The molecule has 0 bridgehead atoms. The Labute approximate surface area is 169 Å². The molecule has 1 aliphatic rings. The normalized spacial score (nSPS) is 15.2. The van der Waals surface area contributed by atoms with E-state index in [1.807, 2.05) is 4.90 Å². The van der Waals surface area contributed by atoms with Crippen LogP contribution < -0.4 is 10.2 Å². The number of benzene rings is 2. The largest absolute Gasteiger partial charge is 0.366 e. The number of hydrogen-bond donors (Lipinski definition) is 1. The van der Waals surface area contributed by atoms with Gasteiger partial charge in [0.1, 0.15) is 5.69 Å². The number of anilines is 1. The van der Waals surface area contributed by atoms with E-state index in [4.69, 9.17) is 0 Å². The third kappa shape index (κ3) is 4.73. The molecule has 1 heterocycles. The van der Waals surface area contributed by atoms with E-state index < -0.39 is 26.7 Å². The molecule has 0 aliphatic carbocycles. The summed E-state index contributed by atoms with van der Waals surface area (Å²) < 4.78 is 23.1. The lowest BCUT2D eigenvalue weighted by Gasteiger charge is -2.18. The minimum atomic E-state index is -3.29. The van der Waals surface area contributed by atoms with Gasteiger partial charge in [0, 0.05) is 31.0 Å². The van der Waals surface area contributed by atoms with Gasteiger partial charge >= 0.3 is 0 Å². The Balaban J connectivity index is 1.77. The monoisotopic (exact) mass is 417 g/mol. The van der Waals surface area contributed by atoms with Gasteiger partial charge < -0.3 is 10.2 Å². The Bertz CT molecular complexity index is 1030. The molecule has 8 nitrogen and oxygen atoms in total. The number of hydrogen-bond acceptors (Lipinski definition) is 6. The first-order valence-electron chi connectivity index (χ1n) is 9.31. The van der Waals surface area contributed by atoms with Crippen molar-refractivity contribution in [1.29, 1.82) is 0 Å². The van der Waals surface area contributed by atoms with Crippen LogP contribution in [0.25, 0.3) is 0 Å². The second-order valence-corrected chi connectivity index (χ2v) is 9.21. The van der Waals surface area contributed by atoms with Gasteiger partial charge in [-0.15, -0.1) is 0 Å². The van der Waals surface area contributed by atoms with Crippen molar-refractivity contribution in [2.45, 2.75) is 30.7 Å². The lowest BCUT2D eigenvalue weighted by atomic mass is 10.1. The Morgan fingerprint density at radius 1 is 1.14 bits per heavy atom. The number of nitrogens with one attached hydrogen (secondary N) is 1. The van der Waals surface area contributed by atoms with Crippen LogP contribution in [0.5, 0.6) is 0 Å². The van der Waals surface area contributed by atoms with Crippen LogP contribution in [0.3, 0.4) is 0 Å². The summed E-state index contributed by atoms with van der Waals surface area (Å²) in [5.41, 5.74) is 1.39. The number of amides is 1. The zero-order chi connectivity index (χ0) is 21.2. The first kappa shape index (κ1) is 20.8. The molecule has 0 radical (unpaired) electrons. The minimum absolute atomic E-state index is 0.0790. The highest BCUT2D eigenvalue weighted by Gasteiger charge is 2.24. The number of rotatable bonds is 6. The van der Waals surface area contributed by atoms with E-state index >= 15 is 0 Å². The van der Waals surface area contributed by atoms with Gasteiger partial charge in [-0.2, -0.15) is 0 Å². The third-order valence-electron chi connectivity index (χ3n) is 5.04. The van der Waals surface area contributed by atoms with Gasteiger partial charge in [0.25, 0.3) is 11.6 Å². The summed E-state index contributed by atoms with van der Waals surface area (Å²) in [6.45, 7) is 3.31. The molecule has 0 aromatic heterocycles.